The second kappa shape index (κ2) is 9.08. The topological polar surface area (TPSA) is 71.1 Å². The third-order valence-electron chi connectivity index (χ3n) is 4.47. The van der Waals surface area contributed by atoms with Crippen LogP contribution >= 0.6 is 0 Å². The summed E-state index contributed by atoms with van der Waals surface area (Å²) in [6.45, 7) is 7.11. The molecule has 0 saturated carbocycles. The third-order valence-corrected chi connectivity index (χ3v) is 4.47. The summed E-state index contributed by atoms with van der Waals surface area (Å²) in [5, 5.41) is 2.96. The first kappa shape index (κ1) is 21.0. The normalized spacial score (nSPS) is 17.4. The number of amides is 3. The first-order valence-electron chi connectivity index (χ1n) is 9.30. The second-order valence-electron chi connectivity index (χ2n) is 7.85. The Morgan fingerprint density at radius 3 is 2.67 bits per heavy atom. The van der Waals surface area contributed by atoms with Gasteiger partial charge in [0, 0.05) is 38.5 Å². The number of hydrogen-bond acceptors (Lipinski definition) is 4. The number of carbonyl (C=O) groups is 2. The fourth-order valence-corrected chi connectivity index (χ4v) is 3.06. The molecule has 0 bridgehead atoms. The number of rotatable bonds is 4. The maximum absolute atomic E-state index is 12.7. The molecular formula is C20H31N3O4. The molecule has 1 aliphatic heterocycles. The van der Waals surface area contributed by atoms with E-state index in [1.165, 1.54) is 0 Å². The van der Waals surface area contributed by atoms with E-state index in [2.05, 4.69) is 5.32 Å². The van der Waals surface area contributed by atoms with Crippen molar-refractivity contribution in [3.05, 3.63) is 29.8 Å². The minimum absolute atomic E-state index is 0.0615. The maximum atomic E-state index is 12.7. The molecule has 0 aliphatic carbocycles. The molecule has 150 valence electrons. The van der Waals surface area contributed by atoms with E-state index in [-0.39, 0.29) is 18.2 Å². The first-order chi connectivity index (χ1) is 12.7. The van der Waals surface area contributed by atoms with Gasteiger partial charge in [-0.05, 0) is 39.7 Å². The van der Waals surface area contributed by atoms with Crippen molar-refractivity contribution < 1.29 is 19.1 Å². The van der Waals surface area contributed by atoms with Crippen LogP contribution in [-0.2, 0) is 16.1 Å². The minimum atomic E-state index is -0.540. The molecule has 7 heteroatoms. The largest absolute Gasteiger partial charge is 0.444 e. The number of methoxy groups -OCH3 is 1. The zero-order valence-electron chi connectivity index (χ0n) is 16.9. The number of carbonyl (C=O) groups excluding carboxylic acids is 2. The number of nitrogens with one attached hydrogen (secondary N) is 1. The summed E-state index contributed by atoms with van der Waals surface area (Å²) in [7, 11) is 3.36. The Morgan fingerprint density at radius 1 is 1.30 bits per heavy atom. The van der Waals surface area contributed by atoms with Crippen molar-refractivity contribution in [2.75, 3.05) is 32.6 Å². The number of anilines is 1. The molecule has 3 amide bonds. The summed E-state index contributed by atoms with van der Waals surface area (Å²) < 4.78 is 10.6. The molecule has 1 fully saturated rings. The van der Waals surface area contributed by atoms with E-state index >= 15 is 0 Å². The summed E-state index contributed by atoms with van der Waals surface area (Å²) in [5.74, 6) is 0. The number of urea groups is 1. The smallest absolute Gasteiger partial charge is 0.410 e. The van der Waals surface area contributed by atoms with E-state index in [0.29, 0.717) is 19.7 Å². The number of nitrogens with zero attached hydrogens (tertiary/aromatic N) is 2. The second-order valence-corrected chi connectivity index (χ2v) is 7.85. The van der Waals surface area contributed by atoms with Crippen LogP contribution in [0.5, 0.6) is 0 Å². The van der Waals surface area contributed by atoms with Crippen LogP contribution in [0.2, 0.25) is 0 Å². The van der Waals surface area contributed by atoms with Gasteiger partial charge >= 0.3 is 12.1 Å². The number of ether oxygens (including phenoxy) is 2. The van der Waals surface area contributed by atoms with Crippen LogP contribution in [0.25, 0.3) is 0 Å². The van der Waals surface area contributed by atoms with Crippen LogP contribution in [0.15, 0.2) is 24.3 Å². The lowest BCUT2D eigenvalue weighted by molar-refractivity contribution is 0.0158. The Balaban J connectivity index is 1.99. The van der Waals surface area contributed by atoms with Crippen molar-refractivity contribution in [3.63, 3.8) is 0 Å². The maximum Gasteiger partial charge on any atom is 0.410 e. The van der Waals surface area contributed by atoms with Crippen molar-refractivity contribution in [2.45, 2.75) is 51.9 Å². The number of likely N-dealkylation sites (tertiary alicyclic amines) is 1. The molecule has 27 heavy (non-hydrogen) atoms. The fourth-order valence-electron chi connectivity index (χ4n) is 3.06. The van der Waals surface area contributed by atoms with Gasteiger partial charge in [0.05, 0.1) is 12.6 Å². The van der Waals surface area contributed by atoms with Crippen LogP contribution in [0.1, 0.15) is 39.2 Å². The molecular weight excluding hydrogens is 346 g/mol. The molecule has 1 saturated heterocycles. The molecule has 1 atom stereocenters. The highest BCUT2D eigenvalue weighted by Gasteiger charge is 2.31. The van der Waals surface area contributed by atoms with Crippen LogP contribution < -0.4 is 5.32 Å². The van der Waals surface area contributed by atoms with Gasteiger partial charge in [0.2, 0.25) is 0 Å². The van der Waals surface area contributed by atoms with E-state index < -0.39 is 5.60 Å². The van der Waals surface area contributed by atoms with Gasteiger partial charge in [0.15, 0.2) is 0 Å². The Hall–Kier alpha value is -2.28. The average Bonchev–Trinajstić information content (AvgIpc) is 2.61. The molecule has 7 nitrogen and oxygen atoms in total. The lowest BCUT2D eigenvalue weighted by Gasteiger charge is -2.38. The van der Waals surface area contributed by atoms with Gasteiger partial charge in [0.1, 0.15) is 5.60 Å². The van der Waals surface area contributed by atoms with Gasteiger partial charge in [0.25, 0.3) is 0 Å². The number of piperidine rings is 1. The predicted octanol–water partition coefficient (Wildman–Crippen LogP) is 3.70. The zero-order chi connectivity index (χ0) is 20.0. The highest BCUT2D eigenvalue weighted by molar-refractivity contribution is 5.90. The zero-order valence-corrected chi connectivity index (χ0v) is 16.9. The van der Waals surface area contributed by atoms with Gasteiger partial charge in [-0.1, -0.05) is 18.2 Å². The van der Waals surface area contributed by atoms with Crippen molar-refractivity contribution in [2.24, 2.45) is 0 Å². The SMILES string of the molecule is COCc1ccccc1NC(=O)N1CCCC(N(C)C(=O)OC(C)(C)C)C1. The highest BCUT2D eigenvalue weighted by Crippen LogP contribution is 2.20. The lowest BCUT2D eigenvalue weighted by Crippen LogP contribution is -2.52. The number of likely N-dealkylation sites (N-methyl/N-ethyl adjacent to an activating group) is 1. The lowest BCUT2D eigenvalue weighted by atomic mass is 10.1. The van der Waals surface area contributed by atoms with E-state index in [1.807, 2.05) is 45.0 Å². The third kappa shape index (κ3) is 6.13. The molecule has 1 aliphatic rings. The summed E-state index contributed by atoms with van der Waals surface area (Å²) >= 11 is 0. The molecule has 1 heterocycles. The van der Waals surface area contributed by atoms with E-state index in [9.17, 15) is 9.59 Å². The molecule has 1 aromatic carbocycles. The molecule has 0 radical (unpaired) electrons. The number of hydrogen-bond donors (Lipinski definition) is 1. The monoisotopic (exact) mass is 377 g/mol. The van der Waals surface area contributed by atoms with Gasteiger partial charge in [-0.25, -0.2) is 9.59 Å². The quantitative estimate of drug-likeness (QED) is 0.869. The van der Waals surface area contributed by atoms with Crippen LogP contribution in [-0.4, -0.2) is 60.8 Å². The Labute approximate surface area is 161 Å². The van der Waals surface area contributed by atoms with Gasteiger partial charge < -0.3 is 24.6 Å². The Morgan fingerprint density at radius 2 is 2.00 bits per heavy atom. The molecule has 1 N–H and O–H groups in total. The van der Waals surface area contributed by atoms with Gasteiger partial charge in [-0.2, -0.15) is 0 Å². The summed E-state index contributed by atoms with van der Waals surface area (Å²) in [6.07, 6.45) is 1.32. The average molecular weight is 377 g/mol. The molecule has 1 aromatic rings. The van der Waals surface area contributed by atoms with Gasteiger partial charge in [-0.15, -0.1) is 0 Å². The summed E-state index contributed by atoms with van der Waals surface area (Å²) in [4.78, 5) is 28.4. The Bertz CT molecular complexity index is 657. The summed E-state index contributed by atoms with van der Waals surface area (Å²) in [6, 6.07) is 7.35. The van der Waals surface area contributed by atoms with Crippen LogP contribution in [0.4, 0.5) is 15.3 Å². The minimum Gasteiger partial charge on any atom is -0.444 e. The van der Waals surface area contributed by atoms with Crippen molar-refractivity contribution in [3.8, 4) is 0 Å². The fraction of sp³-hybridized carbons (Fsp3) is 0.600. The van der Waals surface area contributed by atoms with Crippen LogP contribution in [0.3, 0.4) is 0 Å². The van der Waals surface area contributed by atoms with Crippen molar-refractivity contribution in [1.29, 1.82) is 0 Å². The predicted molar refractivity (Wildman–Crippen MR) is 105 cm³/mol. The Kier molecular flexibility index (Phi) is 7.07. The van der Waals surface area contributed by atoms with Crippen molar-refractivity contribution >= 4 is 17.8 Å². The van der Waals surface area contributed by atoms with E-state index in [1.54, 1.807) is 24.0 Å². The highest BCUT2D eigenvalue weighted by atomic mass is 16.6. The number of para-hydroxylation sites is 1. The standard InChI is InChI=1S/C20H31N3O4/c1-20(2,3)27-19(25)22(4)16-10-8-12-23(13-16)18(24)21-17-11-7-6-9-15(17)14-26-5/h6-7,9,11,16H,8,10,12-14H2,1-5H3,(H,21,24). The first-order valence-corrected chi connectivity index (χ1v) is 9.30. The molecule has 0 aromatic heterocycles. The van der Waals surface area contributed by atoms with Crippen LogP contribution in [0, 0.1) is 0 Å². The van der Waals surface area contributed by atoms with E-state index in [4.69, 9.17) is 9.47 Å². The molecule has 2 rings (SSSR count). The summed E-state index contributed by atoms with van der Waals surface area (Å²) in [5.41, 5.74) is 1.13. The van der Waals surface area contributed by atoms with E-state index in [0.717, 1.165) is 24.1 Å². The molecule has 1 unspecified atom stereocenters. The number of benzene rings is 1. The van der Waals surface area contributed by atoms with Crippen molar-refractivity contribution in [1.82, 2.24) is 9.80 Å². The van der Waals surface area contributed by atoms with Gasteiger partial charge in [-0.3, -0.25) is 0 Å². The molecule has 0 spiro atoms.